The van der Waals surface area contributed by atoms with Crippen LogP contribution in [0.4, 0.5) is 0 Å². The summed E-state index contributed by atoms with van der Waals surface area (Å²) in [7, 11) is 0. The lowest BCUT2D eigenvalue weighted by atomic mass is 9.88. The highest BCUT2D eigenvalue weighted by Gasteiger charge is 2.26. The van der Waals surface area contributed by atoms with E-state index < -0.39 is 0 Å². The molecule has 0 aromatic heterocycles. The molecule has 0 spiro atoms. The summed E-state index contributed by atoms with van der Waals surface area (Å²) in [5.74, 6) is 0.854. The summed E-state index contributed by atoms with van der Waals surface area (Å²) in [4.78, 5) is 0. The lowest BCUT2D eigenvalue weighted by molar-refractivity contribution is -0.0488. The van der Waals surface area contributed by atoms with Crippen molar-refractivity contribution in [2.45, 2.75) is 71.1 Å². The lowest BCUT2D eigenvalue weighted by Gasteiger charge is -2.32. The summed E-state index contributed by atoms with van der Waals surface area (Å²) in [5, 5.41) is 0. The first kappa shape index (κ1) is 15.5. The zero-order valence-electron chi connectivity index (χ0n) is 13.1. The Bertz CT molecular complexity index is 392. The highest BCUT2D eigenvalue weighted by atomic mass is 16.5. The van der Waals surface area contributed by atoms with Crippen LogP contribution in [0.25, 0.3) is 0 Å². The molecule has 1 aromatic rings. The number of hydrogen-bond donors (Lipinski definition) is 1. The largest absolute Gasteiger partial charge is 0.369 e. The predicted octanol–water partition coefficient (Wildman–Crippen LogP) is 4.37. The Morgan fingerprint density at radius 2 is 1.75 bits per heavy atom. The molecule has 2 rings (SSSR count). The summed E-state index contributed by atoms with van der Waals surface area (Å²) in [5.41, 5.74) is 8.81. The van der Waals surface area contributed by atoms with Crippen LogP contribution in [-0.4, -0.2) is 12.1 Å². The van der Waals surface area contributed by atoms with Crippen molar-refractivity contribution in [3.05, 3.63) is 35.4 Å². The maximum atomic E-state index is 6.39. The molecule has 1 aliphatic rings. The van der Waals surface area contributed by atoms with Gasteiger partial charge in [0.05, 0.1) is 12.2 Å². The first-order valence-electron chi connectivity index (χ1n) is 8.07. The third-order valence-corrected chi connectivity index (χ3v) is 4.57. The number of ether oxygens (including phenoxy) is 1. The molecule has 2 heteroatoms. The van der Waals surface area contributed by atoms with E-state index in [1.165, 1.54) is 36.8 Å². The topological polar surface area (TPSA) is 35.2 Å². The Morgan fingerprint density at radius 1 is 1.15 bits per heavy atom. The smallest absolute Gasteiger partial charge is 0.0979 e. The van der Waals surface area contributed by atoms with E-state index in [1.54, 1.807) is 0 Å². The van der Waals surface area contributed by atoms with Gasteiger partial charge in [-0.2, -0.15) is 0 Å². The van der Waals surface area contributed by atoms with Gasteiger partial charge >= 0.3 is 0 Å². The summed E-state index contributed by atoms with van der Waals surface area (Å²) in [6.45, 7) is 6.59. The first-order chi connectivity index (χ1) is 9.60. The Kier molecular flexibility index (Phi) is 5.62. The van der Waals surface area contributed by atoms with Crippen molar-refractivity contribution in [3.63, 3.8) is 0 Å². The minimum Gasteiger partial charge on any atom is -0.369 e. The maximum Gasteiger partial charge on any atom is 0.0979 e. The van der Waals surface area contributed by atoms with Crippen molar-refractivity contribution in [1.82, 2.24) is 0 Å². The minimum absolute atomic E-state index is 0.0407. The summed E-state index contributed by atoms with van der Waals surface area (Å²) >= 11 is 0. The molecule has 1 saturated carbocycles. The second-order valence-electron chi connectivity index (χ2n) is 6.42. The van der Waals surface area contributed by atoms with E-state index in [2.05, 4.69) is 45.0 Å². The van der Waals surface area contributed by atoms with Crippen molar-refractivity contribution in [1.29, 1.82) is 0 Å². The van der Waals surface area contributed by atoms with Crippen molar-refractivity contribution in [2.24, 2.45) is 11.7 Å². The number of aryl methyl sites for hydroxylation is 1. The highest BCUT2D eigenvalue weighted by molar-refractivity contribution is 5.24. The van der Waals surface area contributed by atoms with Crippen LogP contribution < -0.4 is 5.73 Å². The summed E-state index contributed by atoms with van der Waals surface area (Å²) < 4.78 is 6.39. The molecular weight excluding hydrogens is 246 g/mol. The molecule has 0 aliphatic heterocycles. The zero-order chi connectivity index (χ0) is 14.5. The van der Waals surface area contributed by atoms with Gasteiger partial charge < -0.3 is 10.5 Å². The molecule has 112 valence electrons. The SMILES string of the molecule is CCC(N)C(OC1CCC(C)CC1)c1ccc(C)cc1. The number of benzene rings is 1. The number of nitrogens with two attached hydrogens (primary N) is 1. The van der Waals surface area contributed by atoms with Gasteiger partial charge in [0.2, 0.25) is 0 Å². The molecule has 20 heavy (non-hydrogen) atoms. The van der Waals surface area contributed by atoms with Crippen LogP contribution in [-0.2, 0) is 4.74 Å². The van der Waals surface area contributed by atoms with Crippen molar-refractivity contribution >= 4 is 0 Å². The molecule has 0 radical (unpaired) electrons. The molecular formula is C18H29NO. The second-order valence-corrected chi connectivity index (χ2v) is 6.42. The molecule has 1 aromatic carbocycles. The highest BCUT2D eigenvalue weighted by Crippen LogP contribution is 2.31. The van der Waals surface area contributed by atoms with Crippen molar-refractivity contribution in [3.8, 4) is 0 Å². The third-order valence-electron chi connectivity index (χ3n) is 4.57. The van der Waals surface area contributed by atoms with E-state index in [1.807, 2.05) is 0 Å². The Labute approximate surface area is 123 Å². The Balaban J connectivity index is 2.05. The second kappa shape index (κ2) is 7.24. The van der Waals surface area contributed by atoms with Gasteiger partial charge in [-0.15, -0.1) is 0 Å². The van der Waals surface area contributed by atoms with Gasteiger partial charge in [0.25, 0.3) is 0 Å². The van der Waals surface area contributed by atoms with Gasteiger partial charge in [-0.3, -0.25) is 0 Å². The van der Waals surface area contributed by atoms with E-state index in [4.69, 9.17) is 10.5 Å². The van der Waals surface area contributed by atoms with Gasteiger partial charge in [0.15, 0.2) is 0 Å². The molecule has 0 bridgehead atoms. The van der Waals surface area contributed by atoms with Crippen LogP contribution in [0.3, 0.4) is 0 Å². The molecule has 0 saturated heterocycles. The standard InChI is InChI=1S/C18H29NO/c1-4-17(19)18(15-9-5-13(2)6-10-15)20-16-11-7-14(3)8-12-16/h5-6,9-10,14,16-18H,4,7-8,11-12,19H2,1-3H3. The van der Waals surface area contributed by atoms with E-state index in [9.17, 15) is 0 Å². The van der Waals surface area contributed by atoms with Gasteiger partial charge in [0.1, 0.15) is 0 Å². The van der Waals surface area contributed by atoms with Gasteiger partial charge in [-0.05, 0) is 50.5 Å². The average Bonchev–Trinajstić information content (AvgIpc) is 2.47. The fraction of sp³-hybridized carbons (Fsp3) is 0.667. The fourth-order valence-electron chi connectivity index (χ4n) is 2.97. The van der Waals surface area contributed by atoms with E-state index in [-0.39, 0.29) is 12.1 Å². The van der Waals surface area contributed by atoms with Crippen LogP contribution in [0.15, 0.2) is 24.3 Å². The molecule has 2 nitrogen and oxygen atoms in total. The summed E-state index contributed by atoms with van der Waals surface area (Å²) in [6, 6.07) is 8.72. The molecule has 0 amide bonds. The predicted molar refractivity (Wildman–Crippen MR) is 84.7 cm³/mol. The minimum atomic E-state index is 0.0407. The van der Waals surface area contributed by atoms with Crippen LogP contribution >= 0.6 is 0 Å². The summed E-state index contributed by atoms with van der Waals surface area (Å²) in [6.07, 6.45) is 6.30. The zero-order valence-corrected chi connectivity index (χ0v) is 13.1. The van der Waals surface area contributed by atoms with E-state index in [0.717, 1.165) is 12.3 Å². The van der Waals surface area contributed by atoms with E-state index in [0.29, 0.717) is 6.10 Å². The third kappa shape index (κ3) is 4.07. The molecule has 1 fully saturated rings. The normalized spacial score (nSPS) is 26.2. The van der Waals surface area contributed by atoms with Crippen LogP contribution in [0.5, 0.6) is 0 Å². The molecule has 1 aliphatic carbocycles. The number of rotatable bonds is 5. The Hall–Kier alpha value is -0.860. The van der Waals surface area contributed by atoms with Crippen LogP contribution in [0.1, 0.15) is 63.2 Å². The van der Waals surface area contributed by atoms with Crippen LogP contribution in [0, 0.1) is 12.8 Å². The quantitative estimate of drug-likeness (QED) is 0.866. The van der Waals surface area contributed by atoms with Gasteiger partial charge in [0, 0.05) is 6.04 Å². The molecule has 2 N–H and O–H groups in total. The molecule has 0 heterocycles. The fourth-order valence-corrected chi connectivity index (χ4v) is 2.97. The van der Waals surface area contributed by atoms with Gasteiger partial charge in [-0.1, -0.05) is 43.7 Å². The average molecular weight is 275 g/mol. The molecule has 2 atom stereocenters. The lowest BCUT2D eigenvalue weighted by Crippen LogP contribution is -2.33. The maximum absolute atomic E-state index is 6.39. The van der Waals surface area contributed by atoms with Crippen molar-refractivity contribution in [2.75, 3.05) is 0 Å². The number of hydrogen-bond acceptors (Lipinski definition) is 2. The Morgan fingerprint density at radius 3 is 2.30 bits per heavy atom. The molecule has 2 unspecified atom stereocenters. The first-order valence-corrected chi connectivity index (χ1v) is 8.07. The monoisotopic (exact) mass is 275 g/mol. The van der Waals surface area contributed by atoms with Crippen LogP contribution in [0.2, 0.25) is 0 Å². The van der Waals surface area contributed by atoms with Crippen molar-refractivity contribution < 1.29 is 4.74 Å². The van der Waals surface area contributed by atoms with E-state index >= 15 is 0 Å². The van der Waals surface area contributed by atoms with Gasteiger partial charge in [-0.25, -0.2) is 0 Å².